The first kappa shape index (κ1) is 29.8. The quantitative estimate of drug-likeness (QED) is 0.165. The van der Waals surface area contributed by atoms with Crippen molar-refractivity contribution in [3.8, 4) is 45.3 Å². The maximum atomic E-state index is 15.2. The summed E-state index contributed by atoms with van der Waals surface area (Å²) in [6.07, 6.45) is 0. The van der Waals surface area contributed by atoms with Gasteiger partial charge in [-0.25, -0.2) is 21.6 Å². The number of carbonyl (C=O) groups excluding carboxylic acids is 1. The van der Waals surface area contributed by atoms with Crippen molar-refractivity contribution in [1.29, 1.82) is 5.26 Å². The lowest BCUT2D eigenvalue weighted by Crippen LogP contribution is -2.15. The molecule has 0 fully saturated rings. The average Bonchev–Trinajstić information content (AvgIpc) is 3.66. The second kappa shape index (κ2) is 11.7. The van der Waals surface area contributed by atoms with E-state index in [0.29, 0.717) is 27.1 Å². The smallest absolute Gasteiger partial charge is 0.337 e. The summed E-state index contributed by atoms with van der Waals surface area (Å²) in [4.78, 5) is 12.4. The van der Waals surface area contributed by atoms with Gasteiger partial charge in [-0.2, -0.15) is 5.26 Å². The predicted octanol–water partition coefficient (Wildman–Crippen LogP) is 8.06. The minimum absolute atomic E-state index is 0.0245. The van der Waals surface area contributed by atoms with E-state index in [1.54, 1.807) is 60.0 Å². The molecule has 6 rings (SSSR count). The molecule has 0 saturated heterocycles. The Morgan fingerprint density at radius 3 is 2.29 bits per heavy atom. The van der Waals surface area contributed by atoms with Crippen LogP contribution in [0.3, 0.4) is 0 Å². The number of hydrogen-bond donors (Lipinski definition) is 0. The molecule has 6 aromatic rings. The number of halogens is 1. The van der Waals surface area contributed by atoms with Crippen LogP contribution < -0.4 is 4.74 Å². The van der Waals surface area contributed by atoms with Crippen LogP contribution in [0.4, 0.5) is 4.39 Å². The molecule has 0 spiro atoms. The van der Waals surface area contributed by atoms with Crippen molar-refractivity contribution in [2.75, 3.05) is 14.2 Å². The van der Waals surface area contributed by atoms with Gasteiger partial charge in [-0.1, -0.05) is 48.0 Å². The van der Waals surface area contributed by atoms with Crippen LogP contribution in [0.2, 0.25) is 0 Å². The van der Waals surface area contributed by atoms with Gasteiger partial charge in [0, 0.05) is 28.1 Å². The molecule has 0 unspecified atom stereocenters. The highest BCUT2D eigenvalue weighted by Gasteiger charge is 2.32. The molecule has 0 aliphatic carbocycles. The Morgan fingerprint density at radius 1 is 0.911 bits per heavy atom. The third-order valence-electron chi connectivity index (χ3n) is 7.54. The molecule has 0 atom stereocenters. The number of aryl methyl sites for hydroxylation is 1. The Hall–Kier alpha value is -5.24. The number of aromatic nitrogens is 1. The molecule has 0 saturated carbocycles. The Balaban J connectivity index is 1.73. The fourth-order valence-electron chi connectivity index (χ4n) is 5.42. The first-order valence-corrected chi connectivity index (χ1v) is 16.0. The van der Waals surface area contributed by atoms with E-state index in [-0.39, 0.29) is 27.2 Å². The lowest BCUT2D eigenvalue weighted by molar-refractivity contribution is 0.0600. The van der Waals surface area contributed by atoms with Crippen LogP contribution in [0.15, 0.2) is 101 Å². The number of nitriles is 1. The van der Waals surface area contributed by atoms with Crippen molar-refractivity contribution in [2.45, 2.75) is 11.8 Å². The molecule has 10 heteroatoms. The summed E-state index contributed by atoms with van der Waals surface area (Å²) in [5.74, 6) is -1.06. The van der Waals surface area contributed by atoms with E-state index in [9.17, 15) is 18.5 Å². The zero-order chi connectivity index (χ0) is 31.9. The molecule has 2 heterocycles. The van der Waals surface area contributed by atoms with Gasteiger partial charge in [0.2, 0.25) is 0 Å². The van der Waals surface area contributed by atoms with E-state index in [4.69, 9.17) is 9.47 Å². The first-order valence-electron chi connectivity index (χ1n) is 13.7. The van der Waals surface area contributed by atoms with Gasteiger partial charge in [-0.15, -0.1) is 11.3 Å². The number of methoxy groups -OCH3 is 2. The van der Waals surface area contributed by atoms with Crippen molar-refractivity contribution in [3.63, 3.8) is 0 Å². The van der Waals surface area contributed by atoms with E-state index < -0.39 is 21.8 Å². The van der Waals surface area contributed by atoms with Crippen molar-refractivity contribution in [3.05, 3.63) is 118 Å². The molecule has 0 radical (unpaired) electrons. The number of thiophene rings is 1. The van der Waals surface area contributed by atoms with Crippen molar-refractivity contribution >= 4 is 38.2 Å². The standard InChI is InChI=1S/C35H25FN2O5S2/c1-21-7-13-27(14-8-21)45(40,41)38-33(25-6-4-5-24(17-25)22-9-11-23(12-10-22)35(39)43-3)32(28-15-16-44-31(28)20-37)29-18-26(36)19-30(42-2)34(29)38/h4-19H,1-3H3. The summed E-state index contributed by atoms with van der Waals surface area (Å²) in [6.45, 7) is 1.86. The first-order chi connectivity index (χ1) is 21.7. The highest BCUT2D eigenvalue weighted by Crippen LogP contribution is 2.48. The Morgan fingerprint density at radius 2 is 1.62 bits per heavy atom. The van der Waals surface area contributed by atoms with Gasteiger partial charge in [-0.05, 0) is 65.9 Å². The minimum Gasteiger partial charge on any atom is -0.494 e. The van der Waals surface area contributed by atoms with Crippen LogP contribution in [-0.2, 0) is 14.8 Å². The van der Waals surface area contributed by atoms with Gasteiger partial charge in [-0.3, -0.25) is 0 Å². The van der Waals surface area contributed by atoms with Crippen LogP contribution in [0.5, 0.6) is 5.75 Å². The minimum atomic E-state index is -4.31. The molecule has 224 valence electrons. The normalized spacial score (nSPS) is 11.4. The molecule has 0 aliphatic rings. The SMILES string of the molecule is COC(=O)c1ccc(-c2cccc(-c3c(-c4ccsc4C#N)c4cc(F)cc(OC)c4n3S(=O)(=O)c3ccc(C)cc3)c2)cc1. The summed E-state index contributed by atoms with van der Waals surface area (Å²) in [6, 6.07) is 26.9. The average molecular weight is 637 g/mol. The molecule has 0 N–H and O–H groups in total. The number of nitrogens with zero attached hydrogens (tertiary/aromatic N) is 2. The van der Waals surface area contributed by atoms with Gasteiger partial charge >= 0.3 is 5.97 Å². The van der Waals surface area contributed by atoms with Crippen LogP contribution >= 0.6 is 11.3 Å². The van der Waals surface area contributed by atoms with E-state index in [1.165, 1.54) is 47.7 Å². The number of esters is 1. The molecular formula is C35H25FN2O5S2. The summed E-state index contributed by atoms with van der Waals surface area (Å²) in [5, 5.41) is 12.0. The summed E-state index contributed by atoms with van der Waals surface area (Å²) < 4.78 is 56.0. The van der Waals surface area contributed by atoms with Crippen LogP contribution in [0, 0.1) is 24.1 Å². The Labute approximate surface area is 263 Å². The molecule has 0 amide bonds. The maximum Gasteiger partial charge on any atom is 0.337 e. The number of rotatable bonds is 7. The van der Waals surface area contributed by atoms with Crippen LogP contribution in [-0.4, -0.2) is 32.6 Å². The fraction of sp³-hybridized carbons (Fsp3) is 0.0857. The highest BCUT2D eigenvalue weighted by molar-refractivity contribution is 7.90. The zero-order valence-corrected chi connectivity index (χ0v) is 26.0. The summed E-state index contributed by atoms with van der Waals surface area (Å²) in [7, 11) is -1.64. The number of benzene rings is 4. The Kier molecular flexibility index (Phi) is 7.74. The molecular weight excluding hydrogens is 612 g/mol. The number of ether oxygens (including phenoxy) is 2. The summed E-state index contributed by atoms with van der Waals surface area (Å²) in [5.41, 5.74) is 4.54. The molecule has 45 heavy (non-hydrogen) atoms. The van der Waals surface area contributed by atoms with Gasteiger partial charge in [0.05, 0.1) is 30.4 Å². The van der Waals surface area contributed by atoms with Gasteiger partial charge in [0.1, 0.15) is 28.0 Å². The van der Waals surface area contributed by atoms with E-state index >= 15 is 4.39 Å². The number of fused-ring (bicyclic) bond motifs is 1. The highest BCUT2D eigenvalue weighted by atomic mass is 32.2. The van der Waals surface area contributed by atoms with E-state index in [1.807, 2.05) is 19.1 Å². The fourth-order valence-corrected chi connectivity index (χ4v) is 7.66. The molecule has 0 bridgehead atoms. The van der Waals surface area contributed by atoms with Gasteiger partial charge in [0.25, 0.3) is 10.0 Å². The zero-order valence-electron chi connectivity index (χ0n) is 24.4. The lowest BCUT2D eigenvalue weighted by Gasteiger charge is -2.16. The second-order valence-electron chi connectivity index (χ2n) is 10.2. The molecule has 7 nitrogen and oxygen atoms in total. The van der Waals surface area contributed by atoms with Crippen molar-refractivity contribution < 1.29 is 27.1 Å². The monoisotopic (exact) mass is 636 g/mol. The molecule has 0 aliphatic heterocycles. The number of hydrogen-bond acceptors (Lipinski definition) is 7. The van der Waals surface area contributed by atoms with E-state index in [2.05, 4.69) is 6.07 Å². The topological polar surface area (TPSA) is 98.4 Å². The lowest BCUT2D eigenvalue weighted by atomic mass is 9.96. The number of carbonyl (C=O) groups is 1. The van der Waals surface area contributed by atoms with E-state index in [0.717, 1.165) is 22.8 Å². The van der Waals surface area contributed by atoms with Crippen molar-refractivity contribution in [1.82, 2.24) is 3.97 Å². The third-order valence-corrected chi connectivity index (χ3v) is 10.1. The summed E-state index contributed by atoms with van der Waals surface area (Å²) >= 11 is 1.21. The molecule has 2 aromatic heterocycles. The van der Waals surface area contributed by atoms with Crippen LogP contribution in [0.1, 0.15) is 20.8 Å². The van der Waals surface area contributed by atoms with Gasteiger partial charge < -0.3 is 9.47 Å². The van der Waals surface area contributed by atoms with Crippen molar-refractivity contribution in [2.24, 2.45) is 0 Å². The Bertz CT molecular complexity index is 2250. The van der Waals surface area contributed by atoms with Gasteiger partial charge in [0.15, 0.2) is 0 Å². The predicted molar refractivity (Wildman–Crippen MR) is 172 cm³/mol. The van der Waals surface area contributed by atoms with Crippen LogP contribution in [0.25, 0.3) is 44.4 Å². The third kappa shape index (κ3) is 5.16. The molecule has 4 aromatic carbocycles. The second-order valence-corrected chi connectivity index (χ2v) is 12.9. The largest absolute Gasteiger partial charge is 0.494 e. The maximum absolute atomic E-state index is 15.2.